The molecule has 3 aromatic carbocycles. The number of nitrogens with one attached hydrogen (secondary N) is 2. The third-order valence-electron chi connectivity index (χ3n) is 7.37. The molecule has 2 fully saturated rings. The number of piperazine rings is 1. The standard InChI is InChI=1S/C31H36N4O4/c1-22-9-11-23(12-10-22)30(36)33-24-13-14-27(26(20-24)31(37)32-21-25-6-5-19-39-25)34-15-17-35(18-16-34)28-7-3-4-8-29(28)38-2/h3-4,7-14,20,25H,5-6,15-19,21H2,1-2H3,(H,32,37)(H,33,36). The molecule has 0 aliphatic carbocycles. The van der Waals surface area contributed by atoms with Crippen molar-refractivity contribution in [1.29, 1.82) is 0 Å². The predicted octanol–water partition coefficient (Wildman–Crippen LogP) is 4.49. The lowest BCUT2D eigenvalue weighted by atomic mass is 10.1. The van der Waals surface area contributed by atoms with Crippen molar-refractivity contribution in [2.24, 2.45) is 0 Å². The van der Waals surface area contributed by atoms with Crippen molar-refractivity contribution in [1.82, 2.24) is 5.32 Å². The van der Waals surface area contributed by atoms with E-state index in [9.17, 15) is 9.59 Å². The lowest BCUT2D eigenvalue weighted by Gasteiger charge is -2.38. The number of amides is 2. The van der Waals surface area contributed by atoms with E-state index in [0.717, 1.165) is 68.3 Å². The van der Waals surface area contributed by atoms with Gasteiger partial charge in [0, 0.05) is 56.3 Å². The Morgan fingerprint density at radius 3 is 2.33 bits per heavy atom. The van der Waals surface area contributed by atoms with Crippen LogP contribution in [0.2, 0.25) is 0 Å². The second-order valence-electron chi connectivity index (χ2n) is 10.0. The molecule has 2 saturated heterocycles. The molecule has 8 nitrogen and oxygen atoms in total. The summed E-state index contributed by atoms with van der Waals surface area (Å²) < 4.78 is 11.3. The smallest absolute Gasteiger partial charge is 0.255 e. The number of anilines is 3. The molecule has 2 aliphatic rings. The van der Waals surface area contributed by atoms with E-state index >= 15 is 0 Å². The molecule has 2 N–H and O–H groups in total. The maximum absolute atomic E-state index is 13.4. The number of carbonyl (C=O) groups excluding carboxylic acids is 2. The SMILES string of the molecule is COc1ccccc1N1CCN(c2ccc(NC(=O)c3ccc(C)cc3)cc2C(=O)NCC2CCCO2)CC1. The Hall–Kier alpha value is -4.04. The van der Waals surface area contributed by atoms with Crippen LogP contribution >= 0.6 is 0 Å². The number of rotatable bonds is 8. The minimum atomic E-state index is -0.209. The molecular formula is C31H36N4O4. The first kappa shape index (κ1) is 26.6. The van der Waals surface area contributed by atoms with Crippen molar-refractivity contribution in [3.05, 3.63) is 83.4 Å². The van der Waals surface area contributed by atoms with Crippen LogP contribution in [0, 0.1) is 6.92 Å². The van der Waals surface area contributed by atoms with Gasteiger partial charge in [-0.1, -0.05) is 29.8 Å². The number of aryl methyl sites for hydroxylation is 1. The fourth-order valence-electron chi connectivity index (χ4n) is 5.17. The van der Waals surface area contributed by atoms with Gasteiger partial charge >= 0.3 is 0 Å². The largest absolute Gasteiger partial charge is 0.495 e. The summed E-state index contributed by atoms with van der Waals surface area (Å²) in [5.74, 6) is 0.479. The zero-order valence-corrected chi connectivity index (χ0v) is 22.6. The number of ether oxygens (including phenoxy) is 2. The van der Waals surface area contributed by atoms with Gasteiger partial charge in [-0.25, -0.2) is 0 Å². The van der Waals surface area contributed by atoms with E-state index in [0.29, 0.717) is 23.4 Å². The molecule has 0 spiro atoms. The highest BCUT2D eigenvalue weighted by Crippen LogP contribution is 2.31. The van der Waals surface area contributed by atoms with E-state index in [1.54, 1.807) is 25.3 Å². The normalized spacial score (nSPS) is 17.1. The van der Waals surface area contributed by atoms with Crippen LogP contribution in [-0.2, 0) is 4.74 Å². The average molecular weight is 529 g/mol. The van der Waals surface area contributed by atoms with Crippen molar-refractivity contribution in [3.63, 3.8) is 0 Å². The van der Waals surface area contributed by atoms with E-state index in [-0.39, 0.29) is 17.9 Å². The van der Waals surface area contributed by atoms with Gasteiger partial charge < -0.3 is 29.9 Å². The van der Waals surface area contributed by atoms with E-state index in [1.165, 1.54) is 0 Å². The maximum Gasteiger partial charge on any atom is 0.255 e. The summed E-state index contributed by atoms with van der Waals surface area (Å²) in [7, 11) is 1.69. The third-order valence-corrected chi connectivity index (χ3v) is 7.37. The molecule has 3 aromatic rings. The Morgan fingerprint density at radius 2 is 1.64 bits per heavy atom. The Labute approximate surface area is 229 Å². The first-order chi connectivity index (χ1) is 19.0. The lowest BCUT2D eigenvalue weighted by Crippen LogP contribution is -2.47. The zero-order valence-electron chi connectivity index (χ0n) is 22.6. The highest BCUT2D eigenvalue weighted by atomic mass is 16.5. The number of carbonyl (C=O) groups is 2. The fraction of sp³-hybridized carbons (Fsp3) is 0.355. The van der Waals surface area contributed by atoms with E-state index in [4.69, 9.17) is 9.47 Å². The Morgan fingerprint density at radius 1 is 0.923 bits per heavy atom. The van der Waals surface area contributed by atoms with E-state index < -0.39 is 0 Å². The molecule has 1 unspecified atom stereocenters. The van der Waals surface area contributed by atoms with Crippen LogP contribution < -0.4 is 25.2 Å². The predicted molar refractivity (Wildman–Crippen MR) is 154 cm³/mol. The van der Waals surface area contributed by atoms with Crippen molar-refractivity contribution in [2.75, 3.05) is 61.6 Å². The minimum Gasteiger partial charge on any atom is -0.495 e. The molecule has 2 heterocycles. The molecule has 2 aliphatic heterocycles. The lowest BCUT2D eigenvalue weighted by molar-refractivity contribution is 0.0858. The average Bonchev–Trinajstić information content (AvgIpc) is 3.50. The molecule has 0 bridgehead atoms. The number of hydrogen-bond acceptors (Lipinski definition) is 6. The quantitative estimate of drug-likeness (QED) is 0.448. The molecule has 204 valence electrons. The second-order valence-corrected chi connectivity index (χ2v) is 10.0. The van der Waals surface area contributed by atoms with Crippen LogP contribution in [0.3, 0.4) is 0 Å². The summed E-state index contributed by atoms with van der Waals surface area (Å²) in [5, 5.41) is 6.02. The molecule has 0 radical (unpaired) electrons. The van der Waals surface area contributed by atoms with Crippen molar-refractivity contribution in [3.8, 4) is 5.75 Å². The van der Waals surface area contributed by atoms with Crippen LogP contribution in [0.15, 0.2) is 66.7 Å². The zero-order chi connectivity index (χ0) is 27.2. The number of nitrogens with zero attached hydrogens (tertiary/aromatic N) is 2. The number of hydrogen-bond donors (Lipinski definition) is 2. The fourth-order valence-corrected chi connectivity index (χ4v) is 5.17. The van der Waals surface area contributed by atoms with Gasteiger partial charge in [0.2, 0.25) is 0 Å². The van der Waals surface area contributed by atoms with Gasteiger partial charge in [-0.2, -0.15) is 0 Å². The van der Waals surface area contributed by atoms with Gasteiger partial charge in [0.15, 0.2) is 0 Å². The molecule has 8 heteroatoms. The van der Waals surface area contributed by atoms with E-state index in [2.05, 4.69) is 26.5 Å². The maximum atomic E-state index is 13.4. The molecule has 39 heavy (non-hydrogen) atoms. The van der Waals surface area contributed by atoms with Gasteiger partial charge in [0.1, 0.15) is 5.75 Å². The summed E-state index contributed by atoms with van der Waals surface area (Å²) >= 11 is 0. The van der Waals surface area contributed by atoms with Crippen LogP contribution in [0.1, 0.15) is 39.1 Å². The summed E-state index contributed by atoms with van der Waals surface area (Å²) in [4.78, 5) is 30.9. The molecule has 2 amide bonds. The first-order valence-corrected chi connectivity index (χ1v) is 13.6. The molecule has 1 atom stereocenters. The summed E-state index contributed by atoms with van der Waals surface area (Å²) in [6, 6.07) is 21.0. The van der Waals surface area contributed by atoms with Crippen molar-refractivity contribution >= 4 is 28.9 Å². The van der Waals surface area contributed by atoms with Crippen LogP contribution in [-0.4, -0.2) is 64.4 Å². The molecular weight excluding hydrogens is 492 g/mol. The van der Waals surface area contributed by atoms with Crippen LogP contribution in [0.4, 0.5) is 17.1 Å². The van der Waals surface area contributed by atoms with E-state index in [1.807, 2.05) is 49.4 Å². The van der Waals surface area contributed by atoms with Gasteiger partial charge in [0.25, 0.3) is 11.8 Å². The first-order valence-electron chi connectivity index (χ1n) is 13.6. The van der Waals surface area contributed by atoms with Crippen LogP contribution in [0.25, 0.3) is 0 Å². The van der Waals surface area contributed by atoms with Gasteiger partial charge in [-0.05, 0) is 62.2 Å². The second kappa shape index (κ2) is 12.2. The summed E-state index contributed by atoms with van der Waals surface area (Å²) in [6.07, 6.45) is 2.01. The Balaban J connectivity index is 1.34. The Bertz CT molecular complexity index is 1300. The number of para-hydroxylation sites is 2. The molecule has 5 rings (SSSR count). The molecule has 0 aromatic heterocycles. The van der Waals surface area contributed by atoms with Gasteiger partial charge in [-0.15, -0.1) is 0 Å². The van der Waals surface area contributed by atoms with Crippen molar-refractivity contribution in [2.45, 2.75) is 25.9 Å². The number of methoxy groups -OCH3 is 1. The summed E-state index contributed by atoms with van der Waals surface area (Å²) in [6.45, 7) is 6.28. The Kier molecular flexibility index (Phi) is 8.32. The molecule has 0 saturated carbocycles. The third kappa shape index (κ3) is 6.34. The monoisotopic (exact) mass is 528 g/mol. The van der Waals surface area contributed by atoms with Crippen molar-refractivity contribution < 1.29 is 19.1 Å². The highest BCUT2D eigenvalue weighted by molar-refractivity contribution is 6.06. The van der Waals surface area contributed by atoms with Gasteiger partial charge in [-0.3, -0.25) is 9.59 Å². The minimum absolute atomic E-state index is 0.0474. The summed E-state index contributed by atoms with van der Waals surface area (Å²) in [5.41, 5.74) is 4.71. The van der Waals surface area contributed by atoms with Crippen LogP contribution in [0.5, 0.6) is 5.75 Å². The van der Waals surface area contributed by atoms with Gasteiger partial charge in [0.05, 0.1) is 24.5 Å². The highest BCUT2D eigenvalue weighted by Gasteiger charge is 2.25. The number of benzene rings is 3. The topological polar surface area (TPSA) is 83.1 Å².